The molecular weight excluding hydrogens is 218 g/mol. The summed E-state index contributed by atoms with van der Waals surface area (Å²) in [5, 5.41) is 9.24. The summed E-state index contributed by atoms with van der Waals surface area (Å²) >= 11 is 1.61. The number of hydrogen-bond donors (Lipinski definition) is 1. The van der Waals surface area contributed by atoms with Gasteiger partial charge in [0.15, 0.2) is 0 Å². The van der Waals surface area contributed by atoms with Gasteiger partial charge in [0.1, 0.15) is 6.07 Å². The van der Waals surface area contributed by atoms with E-state index in [0.29, 0.717) is 0 Å². The van der Waals surface area contributed by atoms with E-state index in [1.54, 1.807) is 11.8 Å². The number of anilines is 1. The molecule has 2 rings (SSSR count). The molecular formula is C12H15N3S. The minimum absolute atomic E-state index is 0.240. The van der Waals surface area contributed by atoms with Gasteiger partial charge in [-0.2, -0.15) is 5.26 Å². The fourth-order valence-corrected chi connectivity index (χ4v) is 2.64. The Bertz CT molecular complexity index is 425. The van der Waals surface area contributed by atoms with E-state index < -0.39 is 0 Å². The summed E-state index contributed by atoms with van der Waals surface area (Å²) in [5.74, 6) is 0. The average Bonchev–Trinajstić information content (AvgIpc) is 2.74. The molecule has 1 aromatic carbocycles. The Morgan fingerprint density at radius 2 is 2.38 bits per heavy atom. The van der Waals surface area contributed by atoms with E-state index in [4.69, 9.17) is 5.73 Å². The van der Waals surface area contributed by atoms with Crippen LogP contribution in [0.5, 0.6) is 0 Å². The zero-order valence-corrected chi connectivity index (χ0v) is 10.1. The first-order chi connectivity index (χ1) is 7.76. The third-order valence-corrected chi connectivity index (χ3v) is 3.68. The summed E-state index contributed by atoms with van der Waals surface area (Å²) in [6.45, 7) is 1.81. The Morgan fingerprint density at radius 3 is 2.94 bits per heavy atom. The van der Waals surface area contributed by atoms with Crippen molar-refractivity contribution in [3.05, 3.63) is 23.8 Å². The lowest BCUT2D eigenvalue weighted by Gasteiger charge is -2.20. The summed E-state index contributed by atoms with van der Waals surface area (Å²) in [7, 11) is 0. The molecule has 0 saturated carbocycles. The van der Waals surface area contributed by atoms with Crippen LogP contribution in [0.1, 0.15) is 12.0 Å². The normalized spacial score (nSPS) is 19.8. The second-order valence-corrected chi connectivity index (χ2v) is 4.81. The summed E-state index contributed by atoms with van der Waals surface area (Å²) in [6, 6.07) is 8.55. The Balaban J connectivity index is 2.37. The molecule has 84 valence electrons. The van der Waals surface area contributed by atoms with Crippen LogP contribution in [-0.4, -0.2) is 25.4 Å². The first kappa shape index (κ1) is 11.3. The van der Waals surface area contributed by atoms with E-state index in [0.717, 1.165) is 35.7 Å². The number of nitrogens with two attached hydrogens (primary N) is 1. The van der Waals surface area contributed by atoms with Gasteiger partial charge in [-0.15, -0.1) is 11.8 Å². The smallest absolute Gasteiger partial charge is 0.103 e. The van der Waals surface area contributed by atoms with E-state index >= 15 is 0 Å². The van der Waals surface area contributed by atoms with Gasteiger partial charge in [0, 0.05) is 24.0 Å². The van der Waals surface area contributed by atoms with Crippen LogP contribution in [0.4, 0.5) is 5.69 Å². The molecule has 0 bridgehead atoms. The molecule has 0 aromatic heterocycles. The van der Waals surface area contributed by atoms with Crippen molar-refractivity contribution in [3.8, 4) is 6.07 Å². The molecule has 1 aliphatic rings. The molecule has 2 N–H and O–H groups in total. The van der Waals surface area contributed by atoms with Crippen LogP contribution in [0.2, 0.25) is 0 Å². The van der Waals surface area contributed by atoms with Gasteiger partial charge in [-0.1, -0.05) is 6.07 Å². The molecule has 1 saturated heterocycles. The quantitative estimate of drug-likeness (QED) is 0.792. The summed E-state index contributed by atoms with van der Waals surface area (Å²) in [5.41, 5.74) is 7.71. The second kappa shape index (κ2) is 4.77. The maximum Gasteiger partial charge on any atom is 0.103 e. The Morgan fingerprint density at radius 1 is 1.56 bits per heavy atom. The van der Waals surface area contributed by atoms with Gasteiger partial charge in [0.2, 0.25) is 0 Å². The largest absolute Gasteiger partial charge is 0.369 e. The fourth-order valence-electron chi connectivity index (χ4n) is 2.07. The highest BCUT2D eigenvalue weighted by Gasteiger charge is 2.22. The summed E-state index contributed by atoms with van der Waals surface area (Å²) < 4.78 is 0. The van der Waals surface area contributed by atoms with Crippen molar-refractivity contribution in [2.24, 2.45) is 5.73 Å². The van der Waals surface area contributed by atoms with Gasteiger partial charge >= 0.3 is 0 Å². The SMILES string of the molecule is CSc1cccc(N2CCC(N)C2)c1C#N. The molecule has 1 aromatic rings. The molecule has 0 aliphatic carbocycles. The average molecular weight is 233 g/mol. The van der Waals surface area contributed by atoms with Crippen molar-refractivity contribution < 1.29 is 0 Å². The van der Waals surface area contributed by atoms with Crippen molar-refractivity contribution in [2.45, 2.75) is 17.4 Å². The lowest BCUT2D eigenvalue weighted by Crippen LogP contribution is -2.26. The second-order valence-electron chi connectivity index (χ2n) is 3.96. The number of nitriles is 1. The van der Waals surface area contributed by atoms with E-state index in [2.05, 4.69) is 11.0 Å². The topological polar surface area (TPSA) is 53.0 Å². The number of benzene rings is 1. The minimum Gasteiger partial charge on any atom is -0.369 e. The standard InChI is InChI=1S/C12H15N3S/c1-16-12-4-2-3-11(10(12)7-13)15-6-5-9(14)8-15/h2-4,9H,5-6,8,14H2,1H3. The molecule has 1 fully saturated rings. The molecule has 16 heavy (non-hydrogen) atoms. The van der Waals surface area contributed by atoms with Crippen LogP contribution in [0.25, 0.3) is 0 Å². The van der Waals surface area contributed by atoms with E-state index in [1.807, 2.05) is 24.5 Å². The van der Waals surface area contributed by atoms with Crippen LogP contribution in [0.15, 0.2) is 23.1 Å². The molecule has 0 spiro atoms. The molecule has 1 aliphatic heterocycles. The van der Waals surface area contributed by atoms with Crippen LogP contribution >= 0.6 is 11.8 Å². The maximum absolute atomic E-state index is 9.24. The van der Waals surface area contributed by atoms with Crippen LogP contribution in [0, 0.1) is 11.3 Å². The zero-order chi connectivity index (χ0) is 11.5. The van der Waals surface area contributed by atoms with Crippen LogP contribution in [0.3, 0.4) is 0 Å². The summed E-state index contributed by atoms with van der Waals surface area (Å²) in [6.07, 6.45) is 3.00. The minimum atomic E-state index is 0.240. The predicted molar refractivity (Wildman–Crippen MR) is 67.7 cm³/mol. The third-order valence-electron chi connectivity index (χ3n) is 2.90. The summed E-state index contributed by atoms with van der Waals surface area (Å²) in [4.78, 5) is 3.25. The number of nitrogens with zero attached hydrogens (tertiary/aromatic N) is 2. The van der Waals surface area contributed by atoms with Gasteiger partial charge in [0.25, 0.3) is 0 Å². The number of thioether (sulfide) groups is 1. The van der Waals surface area contributed by atoms with Gasteiger partial charge in [-0.05, 0) is 24.8 Å². The third kappa shape index (κ3) is 2.01. The van der Waals surface area contributed by atoms with E-state index in [-0.39, 0.29) is 6.04 Å². The first-order valence-electron chi connectivity index (χ1n) is 5.34. The van der Waals surface area contributed by atoms with Crippen molar-refractivity contribution in [1.82, 2.24) is 0 Å². The van der Waals surface area contributed by atoms with Gasteiger partial charge in [0.05, 0.1) is 11.3 Å². The monoisotopic (exact) mass is 233 g/mol. The lowest BCUT2D eigenvalue weighted by atomic mass is 10.2. The molecule has 1 atom stereocenters. The van der Waals surface area contributed by atoms with Gasteiger partial charge in [-0.3, -0.25) is 0 Å². The molecule has 1 heterocycles. The van der Waals surface area contributed by atoms with Crippen molar-refractivity contribution in [2.75, 3.05) is 24.2 Å². The lowest BCUT2D eigenvalue weighted by molar-refractivity contribution is 0.752. The molecule has 4 heteroatoms. The van der Waals surface area contributed by atoms with E-state index in [9.17, 15) is 5.26 Å². The van der Waals surface area contributed by atoms with Gasteiger partial charge < -0.3 is 10.6 Å². The highest BCUT2D eigenvalue weighted by Crippen LogP contribution is 2.30. The fraction of sp³-hybridized carbons (Fsp3) is 0.417. The molecule has 1 unspecified atom stereocenters. The highest BCUT2D eigenvalue weighted by atomic mass is 32.2. The van der Waals surface area contributed by atoms with Crippen LogP contribution in [-0.2, 0) is 0 Å². The molecule has 0 amide bonds. The maximum atomic E-state index is 9.24. The van der Waals surface area contributed by atoms with Crippen LogP contribution < -0.4 is 10.6 Å². The van der Waals surface area contributed by atoms with Crippen molar-refractivity contribution in [1.29, 1.82) is 5.26 Å². The Kier molecular flexibility index (Phi) is 3.37. The Labute approximate surface area is 100 Å². The number of rotatable bonds is 2. The van der Waals surface area contributed by atoms with E-state index in [1.165, 1.54) is 0 Å². The first-order valence-corrected chi connectivity index (χ1v) is 6.56. The molecule has 0 radical (unpaired) electrons. The predicted octanol–water partition coefficient (Wildman–Crippen LogP) is 1.82. The van der Waals surface area contributed by atoms with Crippen molar-refractivity contribution >= 4 is 17.4 Å². The number of hydrogen-bond acceptors (Lipinski definition) is 4. The molecule has 3 nitrogen and oxygen atoms in total. The highest BCUT2D eigenvalue weighted by molar-refractivity contribution is 7.98. The Hall–Kier alpha value is -1.18. The van der Waals surface area contributed by atoms with Crippen molar-refractivity contribution in [3.63, 3.8) is 0 Å². The van der Waals surface area contributed by atoms with Gasteiger partial charge in [-0.25, -0.2) is 0 Å². The zero-order valence-electron chi connectivity index (χ0n) is 9.31.